The van der Waals surface area contributed by atoms with E-state index >= 15 is 0 Å². The highest BCUT2D eigenvalue weighted by molar-refractivity contribution is 5.58. The Morgan fingerprint density at radius 1 is 0.383 bits per heavy atom. The van der Waals surface area contributed by atoms with Crippen molar-refractivity contribution in [1.29, 1.82) is 0 Å². The summed E-state index contributed by atoms with van der Waals surface area (Å²) in [6.45, 7) is 2.87. The molecule has 0 aromatic heterocycles. The summed E-state index contributed by atoms with van der Waals surface area (Å²) in [7, 11) is 0. The molecule has 0 radical (unpaired) electrons. The Morgan fingerprint density at radius 3 is 1.48 bits per heavy atom. The number of nitrogens with zero attached hydrogens (tertiary/aromatic N) is 6. The number of hydrogen-bond donors (Lipinski definition) is 4. The van der Waals surface area contributed by atoms with Gasteiger partial charge in [-0.2, -0.15) is 0 Å². The highest BCUT2D eigenvalue weighted by Gasteiger charge is 2.66. The molecule has 2 saturated carbocycles. The molecule has 7 saturated heterocycles. The van der Waals surface area contributed by atoms with Gasteiger partial charge in [0.05, 0.1) is 24.4 Å². The molecule has 312 valence electrons. The molecule has 10 heteroatoms. The van der Waals surface area contributed by atoms with Crippen LogP contribution in [0, 0.1) is 0 Å². The van der Waals surface area contributed by atoms with Crippen molar-refractivity contribution in [2.75, 3.05) is 39.4 Å². The molecule has 4 aromatic carbocycles. The van der Waals surface area contributed by atoms with Crippen molar-refractivity contribution in [2.24, 2.45) is 0 Å². The lowest BCUT2D eigenvalue weighted by Gasteiger charge is -2.73. The van der Waals surface area contributed by atoms with Crippen LogP contribution < -0.4 is 40.9 Å². The van der Waals surface area contributed by atoms with E-state index in [0.29, 0.717) is 54.4 Å². The summed E-state index contributed by atoms with van der Waals surface area (Å²) in [5.74, 6) is 0. The third-order valence-corrected chi connectivity index (χ3v) is 16.8. The Morgan fingerprint density at radius 2 is 0.850 bits per heavy atom. The van der Waals surface area contributed by atoms with Crippen molar-refractivity contribution in [3.63, 3.8) is 0 Å². The van der Waals surface area contributed by atoms with E-state index in [0.717, 1.165) is 32.6 Å². The van der Waals surface area contributed by atoms with Gasteiger partial charge in [-0.3, -0.25) is 25.8 Å². The predicted molar refractivity (Wildman–Crippen MR) is 241 cm³/mol. The van der Waals surface area contributed by atoms with Crippen LogP contribution in [0.2, 0.25) is 0 Å². The van der Waals surface area contributed by atoms with Gasteiger partial charge in [0.15, 0.2) is 0 Å². The standard InChI is InChI=1S/C50H62N10/c1-5-16-33(17-6-1)55-37-24-13-14-25-38(37)59-42-30-43-48(54-47(42)57(35-20-9-3-10-21-35)41-27-15-26-40(55)45(41)59)58(36-22-11-4-12-23-36)50-46-49(52-32-53-50)56(34-18-7-2-8-19-34)39-28-29-51-31-44(39)60(43)46/h1-12,16-23,37-54H,13-15,24-32H2. The summed E-state index contributed by atoms with van der Waals surface area (Å²) in [6.07, 6.45) is 12.0. The molecule has 13 rings (SSSR count). The van der Waals surface area contributed by atoms with E-state index in [4.69, 9.17) is 0 Å². The molecule has 9 aliphatic rings. The second kappa shape index (κ2) is 14.7. The van der Waals surface area contributed by atoms with Crippen LogP contribution in [0.5, 0.6) is 0 Å². The number of para-hydroxylation sites is 4. The van der Waals surface area contributed by atoms with E-state index in [1.54, 1.807) is 0 Å². The Bertz CT molecular complexity index is 1960. The number of nitrogens with one attached hydrogen (secondary N) is 4. The largest absolute Gasteiger partial charge is 0.362 e. The van der Waals surface area contributed by atoms with Crippen molar-refractivity contribution in [3.8, 4) is 0 Å². The zero-order chi connectivity index (χ0) is 39.3. The van der Waals surface area contributed by atoms with E-state index < -0.39 is 0 Å². The maximum atomic E-state index is 4.66. The summed E-state index contributed by atoms with van der Waals surface area (Å²) >= 11 is 0. The van der Waals surface area contributed by atoms with Gasteiger partial charge in [-0.05, 0) is 100 Å². The second-order valence-electron chi connectivity index (χ2n) is 19.4. The van der Waals surface area contributed by atoms with Crippen LogP contribution in [0.3, 0.4) is 0 Å². The molecule has 7 heterocycles. The number of piperidine rings is 2. The zero-order valence-electron chi connectivity index (χ0n) is 34.8. The molecule has 9 fully saturated rings. The molecule has 7 aliphatic heterocycles. The third kappa shape index (κ3) is 5.47. The van der Waals surface area contributed by atoms with Crippen LogP contribution >= 0.6 is 0 Å². The topological polar surface area (TPSA) is 67.6 Å². The molecule has 0 spiro atoms. The minimum Gasteiger partial charge on any atom is -0.362 e. The van der Waals surface area contributed by atoms with E-state index in [9.17, 15) is 0 Å². The van der Waals surface area contributed by atoms with Crippen LogP contribution in [0.4, 0.5) is 22.7 Å². The van der Waals surface area contributed by atoms with Gasteiger partial charge < -0.3 is 24.9 Å². The fourth-order valence-corrected chi connectivity index (χ4v) is 14.9. The van der Waals surface area contributed by atoms with Crippen LogP contribution in [-0.4, -0.2) is 115 Å². The first-order valence-corrected chi connectivity index (χ1v) is 23.7. The van der Waals surface area contributed by atoms with Crippen molar-refractivity contribution >= 4 is 22.7 Å². The van der Waals surface area contributed by atoms with Crippen LogP contribution in [0.15, 0.2) is 121 Å². The van der Waals surface area contributed by atoms with Gasteiger partial charge in [0.1, 0.15) is 12.3 Å². The number of benzene rings is 4. The molecule has 0 bridgehead atoms. The normalized spacial score (nSPS) is 39.7. The molecular weight excluding hydrogens is 741 g/mol. The van der Waals surface area contributed by atoms with Gasteiger partial charge in [-0.25, -0.2) is 0 Å². The quantitative estimate of drug-likeness (QED) is 0.211. The minimum absolute atomic E-state index is 0.135. The van der Waals surface area contributed by atoms with Crippen molar-refractivity contribution in [2.45, 2.75) is 143 Å². The summed E-state index contributed by atoms with van der Waals surface area (Å²) in [4.78, 5) is 17.9. The minimum atomic E-state index is 0.135. The maximum absolute atomic E-state index is 4.66. The number of anilines is 4. The molecule has 4 N–H and O–H groups in total. The van der Waals surface area contributed by atoms with Gasteiger partial charge in [0.2, 0.25) is 0 Å². The number of piperazine rings is 4. The lowest BCUT2D eigenvalue weighted by atomic mass is 9.70. The maximum Gasteiger partial charge on any atom is 0.101 e. The molecule has 14 atom stereocenters. The summed E-state index contributed by atoms with van der Waals surface area (Å²) in [5.41, 5.74) is 5.49. The monoisotopic (exact) mass is 803 g/mol. The molecule has 2 aliphatic carbocycles. The molecule has 14 unspecified atom stereocenters. The Balaban J connectivity index is 0.980. The van der Waals surface area contributed by atoms with E-state index in [-0.39, 0.29) is 30.7 Å². The second-order valence-corrected chi connectivity index (χ2v) is 19.4. The highest BCUT2D eigenvalue weighted by Crippen LogP contribution is 2.52. The lowest BCUT2D eigenvalue weighted by molar-refractivity contribution is -0.127. The SMILES string of the molecule is c1ccc(N2C3CCCCC3N3C4CC5C(NC4N(c4ccccc4)C4CCCC2C43)N(c2ccccc2)C2NCNC3C2N5C2CNCCC2N3c2ccccc2)cc1. The first-order valence-electron chi connectivity index (χ1n) is 23.7. The van der Waals surface area contributed by atoms with Gasteiger partial charge >= 0.3 is 0 Å². The van der Waals surface area contributed by atoms with E-state index in [2.05, 4.69) is 172 Å². The summed E-state index contributed by atoms with van der Waals surface area (Å²) in [5, 5.41) is 16.8. The first-order chi connectivity index (χ1) is 29.8. The van der Waals surface area contributed by atoms with Crippen LogP contribution in [-0.2, 0) is 0 Å². The fourth-order valence-electron chi connectivity index (χ4n) is 14.9. The van der Waals surface area contributed by atoms with Gasteiger partial charge in [-0.15, -0.1) is 0 Å². The number of fused-ring (bicyclic) bond motifs is 8. The molecular formula is C50H62N10. The first kappa shape index (κ1) is 36.5. The molecule has 10 nitrogen and oxygen atoms in total. The molecule has 4 aromatic rings. The van der Waals surface area contributed by atoms with Crippen molar-refractivity contribution < 1.29 is 0 Å². The number of hydrogen-bond acceptors (Lipinski definition) is 10. The predicted octanol–water partition coefficient (Wildman–Crippen LogP) is 5.56. The van der Waals surface area contributed by atoms with Gasteiger partial charge in [0.25, 0.3) is 0 Å². The average Bonchev–Trinajstić information content (AvgIpc) is 3.32. The smallest absolute Gasteiger partial charge is 0.101 e. The zero-order valence-corrected chi connectivity index (χ0v) is 34.8. The van der Waals surface area contributed by atoms with Gasteiger partial charge in [0, 0.05) is 84.3 Å². The Hall–Kier alpha value is -4.16. The van der Waals surface area contributed by atoms with Crippen molar-refractivity contribution in [3.05, 3.63) is 121 Å². The third-order valence-electron chi connectivity index (χ3n) is 16.8. The molecule has 60 heavy (non-hydrogen) atoms. The number of rotatable bonds is 4. The Labute approximate surface area is 356 Å². The Kier molecular flexibility index (Phi) is 8.97. The van der Waals surface area contributed by atoms with Crippen LogP contribution in [0.25, 0.3) is 0 Å². The average molecular weight is 803 g/mol. The van der Waals surface area contributed by atoms with E-state index in [1.165, 1.54) is 67.7 Å². The van der Waals surface area contributed by atoms with Crippen LogP contribution in [0.1, 0.15) is 57.8 Å². The molecule has 0 amide bonds. The highest BCUT2D eigenvalue weighted by atomic mass is 15.6. The summed E-state index contributed by atoms with van der Waals surface area (Å²) in [6, 6.07) is 50.3. The lowest BCUT2D eigenvalue weighted by Crippen LogP contribution is -2.92. The van der Waals surface area contributed by atoms with E-state index in [1.807, 2.05) is 0 Å². The van der Waals surface area contributed by atoms with Gasteiger partial charge in [-0.1, -0.05) is 85.6 Å². The van der Waals surface area contributed by atoms with Crippen molar-refractivity contribution in [1.82, 2.24) is 31.1 Å². The fraction of sp³-hybridized carbons (Fsp3) is 0.520. The summed E-state index contributed by atoms with van der Waals surface area (Å²) < 4.78 is 0.